The van der Waals surface area contributed by atoms with Gasteiger partial charge in [0.2, 0.25) is 0 Å². The molecule has 0 amide bonds. The van der Waals surface area contributed by atoms with Gasteiger partial charge in [0, 0.05) is 0 Å². The lowest BCUT2D eigenvalue weighted by Crippen LogP contribution is -2.15. The summed E-state index contributed by atoms with van der Waals surface area (Å²) in [6.45, 7) is 8.12. The molecule has 1 unspecified atom stereocenters. The second-order valence-electron chi connectivity index (χ2n) is 3.84. The average molecular weight is 191 g/mol. The summed E-state index contributed by atoms with van der Waals surface area (Å²) in [4.78, 5) is 10.7. The number of hydrogen-bond donors (Lipinski definition) is 1. The van der Waals surface area contributed by atoms with Crippen molar-refractivity contribution in [3.8, 4) is 0 Å². The summed E-state index contributed by atoms with van der Waals surface area (Å²) in [5.41, 5.74) is 11.4. The van der Waals surface area contributed by atoms with Gasteiger partial charge in [-0.2, -0.15) is 0 Å². The molecule has 76 valence electrons. The van der Waals surface area contributed by atoms with Crippen LogP contribution in [-0.4, -0.2) is 6.29 Å². The second-order valence-corrected chi connectivity index (χ2v) is 3.84. The molecule has 14 heavy (non-hydrogen) atoms. The lowest BCUT2D eigenvalue weighted by molar-refractivity contribution is -0.109. The Hall–Kier alpha value is -1.15. The molecule has 0 aromatic heterocycles. The topological polar surface area (TPSA) is 43.1 Å². The van der Waals surface area contributed by atoms with E-state index in [1.807, 2.05) is 27.7 Å². The Morgan fingerprint density at radius 1 is 1.14 bits per heavy atom. The summed E-state index contributed by atoms with van der Waals surface area (Å²) in [5.74, 6) is 0. The minimum absolute atomic E-state index is 0.492. The van der Waals surface area contributed by atoms with Crippen LogP contribution >= 0.6 is 0 Å². The van der Waals surface area contributed by atoms with Crippen LogP contribution in [0.25, 0.3) is 0 Å². The number of carbonyl (C=O) groups excluding carboxylic acids is 1. The monoisotopic (exact) mass is 191 g/mol. The molecule has 0 radical (unpaired) electrons. The lowest BCUT2D eigenvalue weighted by Gasteiger charge is -2.17. The van der Waals surface area contributed by atoms with Crippen LogP contribution in [0.3, 0.4) is 0 Å². The fourth-order valence-corrected chi connectivity index (χ4v) is 1.82. The largest absolute Gasteiger partial charge is 0.318 e. The molecule has 0 saturated carbocycles. The third-order valence-electron chi connectivity index (χ3n) is 2.90. The number of aldehydes is 1. The molecule has 0 saturated heterocycles. The maximum atomic E-state index is 10.7. The Morgan fingerprint density at radius 3 is 1.93 bits per heavy atom. The van der Waals surface area contributed by atoms with Crippen molar-refractivity contribution in [3.63, 3.8) is 0 Å². The molecule has 0 aliphatic carbocycles. The van der Waals surface area contributed by atoms with Crippen LogP contribution in [0, 0.1) is 27.7 Å². The van der Waals surface area contributed by atoms with Crippen molar-refractivity contribution in [2.24, 2.45) is 5.73 Å². The predicted octanol–water partition coefficient (Wildman–Crippen LogP) is 2.12. The van der Waals surface area contributed by atoms with Gasteiger partial charge in [-0.3, -0.25) is 0 Å². The van der Waals surface area contributed by atoms with E-state index in [0.717, 1.165) is 23.0 Å². The minimum Gasteiger partial charge on any atom is -0.318 e. The van der Waals surface area contributed by atoms with Gasteiger partial charge in [0.25, 0.3) is 0 Å². The Bertz CT molecular complexity index is 343. The zero-order valence-corrected chi connectivity index (χ0v) is 9.22. The van der Waals surface area contributed by atoms with E-state index in [2.05, 4.69) is 6.07 Å². The van der Waals surface area contributed by atoms with E-state index < -0.39 is 6.04 Å². The van der Waals surface area contributed by atoms with Gasteiger partial charge in [0.15, 0.2) is 0 Å². The first-order valence-electron chi connectivity index (χ1n) is 4.77. The highest BCUT2D eigenvalue weighted by Gasteiger charge is 2.13. The van der Waals surface area contributed by atoms with Crippen LogP contribution in [0.1, 0.15) is 33.9 Å². The molecular weight excluding hydrogens is 174 g/mol. The van der Waals surface area contributed by atoms with Crippen LogP contribution < -0.4 is 5.73 Å². The van der Waals surface area contributed by atoms with Crippen LogP contribution in [0.2, 0.25) is 0 Å². The number of nitrogens with two attached hydrogens (primary N) is 1. The van der Waals surface area contributed by atoms with E-state index in [1.165, 1.54) is 11.1 Å². The Balaban J connectivity index is 3.46. The summed E-state index contributed by atoms with van der Waals surface area (Å²) < 4.78 is 0. The van der Waals surface area contributed by atoms with Gasteiger partial charge in [-0.1, -0.05) is 6.07 Å². The van der Waals surface area contributed by atoms with E-state index in [0.29, 0.717) is 0 Å². The summed E-state index contributed by atoms with van der Waals surface area (Å²) >= 11 is 0. The fraction of sp³-hybridized carbons (Fsp3) is 0.417. The van der Waals surface area contributed by atoms with Gasteiger partial charge >= 0.3 is 0 Å². The van der Waals surface area contributed by atoms with Gasteiger partial charge in [-0.25, -0.2) is 0 Å². The van der Waals surface area contributed by atoms with Gasteiger partial charge < -0.3 is 10.5 Å². The van der Waals surface area contributed by atoms with Crippen molar-refractivity contribution in [2.75, 3.05) is 0 Å². The summed E-state index contributed by atoms with van der Waals surface area (Å²) in [5, 5.41) is 0. The molecule has 2 nitrogen and oxygen atoms in total. The van der Waals surface area contributed by atoms with Crippen molar-refractivity contribution >= 4 is 6.29 Å². The Morgan fingerprint density at radius 2 is 1.57 bits per heavy atom. The molecule has 0 aliphatic heterocycles. The van der Waals surface area contributed by atoms with Gasteiger partial charge in [0.1, 0.15) is 6.29 Å². The van der Waals surface area contributed by atoms with Crippen LogP contribution in [0.15, 0.2) is 6.07 Å². The number of hydrogen-bond acceptors (Lipinski definition) is 2. The Labute approximate surface area is 85.1 Å². The van der Waals surface area contributed by atoms with Gasteiger partial charge in [-0.05, 0) is 55.5 Å². The Kier molecular flexibility index (Phi) is 3.06. The van der Waals surface area contributed by atoms with E-state index in [4.69, 9.17) is 5.73 Å². The van der Waals surface area contributed by atoms with Crippen LogP contribution in [-0.2, 0) is 4.79 Å². The molecular formula is C12H17NO. The normalized spacial score (nSPS) is 12.6. The van der Waals surface area contributed by atoms with Crippen molar-refractivity contribution in [3.05, 3.63) is 33.9 Å². The predicted molar refractivity (Wildman–Crippen MR) is 58.4 cm³/mol. The van der Waals surface area contributed by atoms with Crippen molar-refractivity contribution < 1.29 is 4.79 Å². The van der Waals surface area contributed by atoms with Crippen molar-refractivity contribution in [1.82, 2.24) is 0 Å². The zero-order chi connectivity index (χ0) is 10.9. The van der Waals surface area contributed by atoms with Crippen LogP contribution in [0.4, 0.5) is 0 Å². The molecule has 0 bridgehead atoms. The molecule has 2 N–H and O–H groups in total. The van der Waals surface area contributed by atoms with Crippen molar-refractivity contribution in [2.45, 2.75) is 33.7 Å². The molecule has 1 atom stereocenters. The number of aryl methyl sites for hydroxylation is 2. The maximum absolute atomic E-state index is 10.7. The molecule has 0 heterocycles. The smallest absolute Gasteiger partial charge is 0.141 e. The molecule has 0 aliphatic rings. The molecule has 0 fully saturated rings. The van der Waals surface area contributed by atoms with E-state index in [1.54, 1.807) is 0 Å². The minimum atomic E-state index is -0.492. The standard InChI is InChI=1S/C12H17NO/c1-7-5-8(2)10(4)12(9(7)3)11(13)6-14/h5-6,11H,13H2,1-4H3. The zero-order valence-electron chi connectivity index (χ0n) is 9.22. The quantitative estimate of drug-likeness (QED) is 0.728. The molecule has 1 rings (SSSR count). The van der Waals surface area contributed by atoms with Gasteiger partial charge in [-0.15, -0.1) is 0 Å². The molecule has 1 aromatic carbocycles. The molecule has 0 spiro atoms. The highest BCUT2D eigenvalue weighted by Crippen LogP contribution is 2.25. The molecule has 2 heteroatoms. The first-order valence-corrected chi connectivity index (χ1v) is 4.77. The van der Waals surface area contributed by atoms with Crippen LogP contribution in [0.5, 0.6) is 0 Å². The SMILES string of the molecule is Cc1cc(C)c(C)c(C(N)C=O)c1C. The lowest BCUT2D eigenvalue weighted by atomic mass is 9.90. The van der Waals surface area contributed by atoms with Gasteiger partial charge in [0.05, 0.1) is 6.04 Å². The third kappa shape index (κ3) is 1.70. The second kappa shape index (κ2) is 3.93. The first-order chi connectivity index (χ1) is 6.49. The first kappa shape index (κ1) is 10.9. The summed E-state index contributed by atoms with van der Waals surface area (Å²) in [6.07, 6.45) is 0.800. The summed E-state index contributed by atoms with van der Waals surface area (Å²) in [7, 11) is 0. The highest BCUT2D eigenvalue weighted by molar-refractivity contribution is 5.64. The number of rotatable bonds is 2. The molecule has 1 aromatic rings. The van der Waals surface area contributed by atoms with E-state index in [9.17, 15) is 4.79 Å². The van der Waals surface area contributed by atoms with E-state index >= 15 is 0 Å². The number of benzene rings is 1. The van der Waals surface area contributed by atoms with Crippen molar-refractivity contribution in [1.29, 1.82) is 0 Å². The fourth-order valence-electron chi connectivity index (χ4n) is 1.82. The maximum Gasteiger partial charge on any atom is 0.141 e. The summed E-state index contributed by atoms with van der Waals surface area (Å²) in [6, 6.07) is 1.64. The highest BCUT2D eigenvalue weighted by atomic mass is 16.1. The third-order valence-corrected chi connectivity index (χ3v) is 2.90. The van der Waals surface area contributed by atoms with E-state index in [-0.39, 0.29) is 0 Å². The average Bonchev–Trinajstić information content (AvgIpc) is 2.15. The number of carbonyl (C=O) groups is 1.